The summed E-state index contributed by atoms with van der Waals surface area (Å²) in [4.78, 5) is 0. The third-order valence-electron chi connectivity index (χ3n) is 0.904. The van der Waals surface area contributed by atoms with Gasteiger partial charge in [-0.15, -0.1) is 0 Å². The van der Waals surface area contributed by atoms with Crippen LogP contribution in [-0.4, -0.2) is 14.2 Å². The Labute approximate surface area is 97.9 Å². The van der Waals surface area contributed by atoms with Gasteiger partial charge in [-0.05, 0) is 59.9 Å². The Morgan fingerprint density at radius 1 is 1.00 bits per heavy atom. The first-order valence-corrected chi connectivity index (χ1v) is 5.51. The van der Waals surface area contributed by atoms with Crippen molar-refractivity contribution >= 4 is 47.8 Å². The van der Waals surface area contributed by atoms with Crippen LogP contribution in [-0.2, 0) is 4.74 Å². The summed E-state index contributed by atoms with van der Waals surface area (Å²) in [5.74, 6) is 0. The van der Waals surface area contributed by atoms with Crippen LogP contribution in [0.15, 0.2) is 31.6 Å². The van der Waals surface area contributed by atoms with E-state index in [9.17, 15) is 0 Å². The first kappa shape index (κ1) is 12.6. The highest BCUT2D eigenvalue weighted by Gasteiger charge is 1.97. The van der Waals surface area contributed by atoms with E-state index >= 15 is 0 Å². The average molecular weight is 361 g/mol. The van der Waals surface area contributed by atoms with Crippen LogP contribution in [0.25, 0.3) is 0 Å². The van der Waals surface area contributed by atoms with Crippen LogP contribution < -0.4 is 0 Å². The predicted octanol–water partition coefficient (Wildman–Crippen LogP) is 4.24. The van der Waals surface area contributed by atoms with Gasteiger partial charge in [0.25, 0.3) is 0 Å². The normalized spacial score (nSPS) is 8.75. The molecule has 0 aliphatic rings. The first-order valence-electron chi connectivity index (χ1n) is 3.13. The highest BCUT2D eigenvalue weighted by molar-refractivity contribution is 9.14. The molecule has 0 aliphatic carbocycles. The van der Waals surface area contributed by atoms with Gasteiger partial charge in [-0.1, -0.05) is 6.07 Å². The molecule has 0 aliphatic heterocycles. The maximum Gasteiger partial charge on any atom is 0.0459 e. The summed E-state index contributed by atoms with van der Waals surface area (Å²) < 4.78 is 7.44. The molecule has 1 aromatic carbocycles. The molecule has 0 bridgehead atoms. The SMILES string of the molecule is Brc1cccc(Br)c1Br.COC. The van der Waals surface area contributed by atoms with Crippen molar-refractivity contribution < 1.29 is 4.74 Å². The minimum absolute atomic E-state index is 1.06. The Kier molecular flexibility index (Phi) is 7.43. The van der Waals surface area contributed by atoms with E-state index in [1.54, 1.807) is 14.2 Å². The first-order chi connectivity index (χ1) is 5.63. The fourth-order valence-corrected chi connectivity index (χ4v) is 1.74. The molecule has 0 amide bonds. The molecule has 1 rings (SSSR count). The van der Waals surface area contributed by atoms with Crippen LogP contribution >= 0.6 is 47.8 Å². The van der Waals surface area contributed by atoms with E-state index in [0.29, 0.717) is 0 Å². The van der Waals surface area contributed by atoms with Crippen molar-refractivity contribution in [1.82, 2.24) is 0 Å². The Morgan fingerprint density at radius 3 is 1.58 bits per heavy atom. The van der Waals surface area contributed by atoms with E-state index in [4.69, 9.17) is 0 Å². The molecule has 0 saturated carbocycles. The van der Waals surface area contributed by atoms with Crippen molar-refractivity contribution in [1.29, 1.82) is 0 Å². The summed E-state index contributed by atoms with van der Waals surface area (Å²) in [6, 6.07) is 5.93. The summed E-state index contributed by atoms with van der Waals surface area (Å²) in [7, 11) is 3.25. The Bertz CT molecular complexity index is 217. The lowest BCUT2D eigenvalue weighted by Gasteiger charge is -1.95. The number of halogens is 3. The monoisotopic (exact) mass is 358 g/mol. The van der Waals surface area contributed by atoms with E-state index in [0.717, 1.165) is 13.4 Å². The molecular formula is C8H9Br3O. The van der Waals surface area contributed by atoms with Gasteiger partial charge in [-0.2, -0.15) is 0 Å². The van der Waals surface area contributed by atoms with Gasteiger partial charge in [0, 0.05) is 27.6 Å². The fourth-order valence-electron chi connectivity index (χ4n) is 0.477. The zero-order chi connectivity index (χ0) is 9.56. The zero-order valence-electron chi connectivity index (χ0n) is 6.77. The van der Waals surface area contributed by atoms with Gasteiger partial charge in [0.1, 0.15) is 0 Å². The topological polar surface area (TPSA) is 9.23 Å². The molecular weight excluding hydrogens is 352 g/mol. The van der Waals surface area contributed by atoms with Gasteiger partial charge < -0.3 is 4.74 Å². The molecule has 1 nitrogen and oxygen atoms in total. The minimum atomic E-state index is 1.06. The second-order valence-electron chi connectivity index (χ2n) is 1.94. The molecule has 0 aromatic heterocycles. The molecule has 4 heteroatoms. The van der Waals surface area contributed by atoms with Gasteiger partial charge in [0.2, 0.25) is 0 Å². The molecule has 0 unspecified atom stereocenters. The highest BCUT2D eigenvalue weighted by Crippen LogP contribution is 2.29. The van der Waals surface area contributed by atoms with Crippen LogP contribution in [0.4, 0.5) is 0 Å². The molecule has 0 N–H and O–H groups in total. The quantitative estimate of drug-likeness (QED) is 0.629. The molecule has 0 saturated heterocycles. The van der Waals surface area contributed by atoms with Crippen molar-refractivity contribution in [3.05, 3.63) is 31.6 Å². The number of hydrogen-bond acceptors (Lipinski definition) is 1. The van der Waals surface area contributed by atoms with Crippen molar-refractivity contribution in [3.63, 3.8) is 0 Å². The highest BCUT2D eigenvalue weighted by atomic mass is 79.9. The number of rotatable bonds is 0. The van der Waals surface area contributed by atoms with Crippen LogP contribution in [0.5, 0.6) is 0 Å². The molecule has 68 valence electrons. The van der Waals surface area contributed by atoms with Gasteiger partial charge in [0.15, 0.2) is 0 Å². The third kappa shape index (κ3) is 4.60. The summed E-state index contributed by atoms with van der Waals surface area (Å²) in [6.07, 6.45) is 0. The fraction of sp³-hybridized carbons (Fsp3) is 0.250. The van der Waals surface area contributed by atoms with E-state index in [-0.39, 0.29) is 0 Å². The maximum absolute atomic E-state index is 4.25. The molecule has 0 heterocycles. The van der Waals surface area contributed by atoms with E-state index in [1.807, 2.05) is 18.2 Å². The second kappa shape index (κ2) is 7.06. The largest absolute Gasteiger partial charge is 0.388 e. The van der Waals surface area contributed by atoms with Crippen LogP contribution in [0, 0.1) is 0 Å². The van der Waals surface area contributed by atoms with Crippen molar-refractivity contribution in [3.8, 4) is 0 Å². The lowest BCUT2D eigenvalue weighted by atomic mass is 10.4. The van der Waals surface area contributed by atoms with Gasteiger partial charge in [-0.3, -0.25) is 0 Å². The molecule has 0 radical (unpaired) electrons. The lowest BCUT2D eigenvalue weighted by molar-refractivity contribution is 0.277. The smallest absolute Gasteiger partial charge is 0.0459 e. The Hall–Kier alpha value is 0.620. The Morgan fingerprint density at radius 2 is 1.33 bits per heavy atom. The van der Waals surface area contributed by atoms with Gasteiger partial charge in [-0.25, -0.2) is 0 Å². The van der Waals surface area contributed by atoms with Crippen LogP contribution in [0.2, 0.25) is 0 Å². The number of benzene rings is 1. The summed E-state index contributed by atoms with van der Waals surface area (Å²) in [5, 5.41) is 0. The number of methoxy groups -OCH3 is 1. The minimum Gasteiger partial charge on any atom is -0.388 e. The summed E-state index contributed by atoms with van der Waals surface area (Å²) in [5.41, 5.74) is 0. The van der Waals surface area contributed by atoms with Crippen LogP contribution in [0.1, 0.15) is 0 Å². The van der Waals surface area contributed by atoms with Crippen molar-refractivity contribution in [2.24, 2.45) is 0 Å². The lowest BCUT2D eigenvalue weighted by Crippen LogP contribution is -1.69. The number of hydrogen-bond donors (Lipinski definition) is 0. The average Bonchev–Trinajstić information content (AvgIpc) is 2.02. The predicted molar refractivity (Wildman–Crippen MR) is 62.5 cm³/mol. The summed E-state index contributed by atoms with van der Waals surface area (Å²) >= 11 is 10.1. The molecule has 12 heavy (non-hydrogen) atoms. The summed E-state index contributed by atoms with van der Waals surface area (Å²) in [6.45, 7) is 0. The van der Waals surface area contributed by atoms with Gasteiger partial charge >= 0.3 is 0 Å². The van der Waals surface area contributed by atoms with Crippen molar-refractivity contribution in [2.75, 3.05) is 14.2 Å². The van der Waals surface area contributed by atoms with E-state index < -0.39 is 0 Å². The molecule has 0 fully saturated rings. The molecule has 1 aromatic rings. The zero-order valence-corrected chi connectivity index (χ0v) is 11.5. The second-order valence-corrected chi connectivity index (χ2v) is 4.45. The third-order valence-corrected chi connectivity index (χ3v) is 4.14. The number of ether oxygens (including phenoxy) is 1. The maximum atomic E-state index is 4.25. The molecule has 0 atom stereocenters. The Balaban J connectivity index is 0.000000354. The van der Waals surface area contributed by atoms with E-state index in [1.165, 1.54) is 0 Å². The van der Waals surface area contributed by atoms with Crippen LogP contribution in [0.3, 0.4) is 0 Å². The molecule has 0 spiro atoms. The standard InChI is InChI=1S/C6H3Br3.C2H6O/c7-4-2-1-3-5(8)6(4)9;1-3-2/h1-3H;1-2H3. The van der Waals surface area contributed by atoms with Gasteiger partial charge in [0.05, 0.1) is 0 Å². The van der Waals surface area contributed by atoms with E-state index in [2.05, 4.69) is 52.5 Å². The van der Waals surface area contributed by atoms with Crippen molar-refractivity contribution in [2.45, 2.75) is 0 Å².